The summed E-state index contributed by atoms with van der Waals surface area (Å²) >= 11 is 0. The predicted octanol–water partition coefficient (Wildman–Crippen LogP) is 3.39. The summed E-state index contributed by atoms with van der Waals surface area (Å²) in [5.41, 5.74) is 10.7. The third-order valence-electron chi connectivity index (χ3n) is 5.71. The van der Waals surface area contributed by atoms with E-state index in [1.165, 1.54) is 5.56 Å². The van der Waals surface area contributed by atoms with Gasteiger partial charge in [0, 0.05) is 30.6 Å². The van der Waals surface area contributed by atoms with Crippen molar-refractivity contribution in [2.24, 2.45) is 11.7 Å². The predicted molar refractivity (Wildman–Crippen MR) is 109 cm³/mol. The number of carbonyl (C=O) groups is 1. The zero-order valence-electron chi connectivity index (χ0n) is 15.4. The molecule has 0 bridgehead atoms. The molecule has 1 amide bonds. The van der Waals surface area contributed by atoms with Crippen molar-refractivity contribution in [2.45, 2.75) is 25.7 Å². The molecule has 27 heavy (non-hydrogen) atoms. The van der Waals surface area contributed by atoms with Crippen LogP contribution >= 0.6 is 0 Å². The molecule has 0 saturated carbocycles. The molecule has 0 unspecified atom stereocenters. The minimum atomic E-state index is 0.0615. The van der Waals surface area contributed by atoms with E-state index in [0.717, 1.165) is 49.1 Å². The number of nitrogens with one attached hydrogen (secondary N) is 1. The van der Waals surface area contributed by atoms with E-state index in [4.69, 9.17) is 11.1 Å². The summed E-state index contributed by atoms with van der Waals surface area (Å²) in [6.07, 6.45) is 5.88. The van der Waals surface area contributed by atoms with E-state index < -0.39 is 0 Å². The SMILES string of the molecule is N=C(N)c1ccc2c(c1)C=C(C(=O)N1CCC(Cc3ccccc3)CC1)C2. The Kier molecular flexibility index (Phi) is 4.80. The third kappa shape index (κ3) is 3.80. The molecule has 2 aromatic rings. The van der Waals surface area contributed by atoms with Gasteiger partial charge in [0.1, 0.15) is 5.84 Å². The molecular formula is C23H25N3O. The Labute approximate surface area is 160 Å². The van der Waals surface area contributed by atoms with Crippen LogP contribution < -0.4 is 5.73 Å². The molecule has 4 rings (SSSR count). The molecule has 0 aromatic heterocycles. The number of benzene rings is 2. The summed E-state index contributed by atoms with van der Waals surface area (Å²) in [5.74, 6) is 0.879. The van der Waals surface area contributed by atoms with E-state index in [0.29, 0.717) is 17.9 Å². The lowest BCUT2D eigenvalue weighted by Crippen LogP contribution is -2.39. The average molecular weight is 359 g/mol. The fourth-order valence-corrected chi connectivity index (χ4v) is 4.13. The van der Waals surface area contributed by atoms with Crippen LogP contribution in [0.15, 0.2) is 54.1 Å². The lowest BCUT2D eigenvalue weighted by molar-refractivity contribution is -0.128. The van der Waals surface area contributed by atoms with Gasteiger partial charge in [-0.25, -0.2) is 0 Å². The van der Waals surface area contributed by atoms with Crippen LogP contribution in [0.5, 0.6) is 0 Å². The lowest BCUT2D eigenvalue weighted by Gasteiger charge is -2.32. The molecule has 1 aliphatic carbocycles. The van der Waals surface area contributed by atoms with E-state index in [1.54, 1.807) is 0 Å². The maximum atomic E-state index is 12.9. The Bertz CT molecular complexity index is 893. The van der Waals surface area contributed by atoms with Gasteiger partial charge in [-0.05, 0) is 54.0 Å². The first-order valence-electron chi connectivity index (χ1n) is 9.61. The van der Waals surface area contributed by atoms with Gasteiger partial charge < -0.3 is 10.6 Å². The number of hydrogen-bond donors (Lipinski definition) is 2. The first-order chi connectivity index (χ1) is 13.1. The molecule has 138 valence electrons. The van der Waals surface area contributed by atoms with Crippen molar-refractivity contribution in [1.82, 2.24) is 4.90 Å². The normalized spacial score (nSPS) is 16.7. The second kappa shape index (κ2) is 7.39. The van der Waals surface area contributed by atoms with Crippen molar-refractivity contribution in [3.05, 3.63) is 76.4 Å². The largest absolute Gasteiger partial charge is 0.384 e. The van der Waals surface area contributed by atoms with Gasteiger partial charge in [0.25, 0.3) is 0 Å². The standard InChI is InChI=1S/C23H25N3O/c24-22(25)19-7-6-18-13-21(15-20(18)14-19)23(27)26-10-8-17(9-11-26)12-16-4-2-1-3-5-16/h1-7,14-15,17H,8-13H2,(H3,24,25). The molecule has 1 aliphatic heterocycles. The summed E-state index contributed by atoms with van der Waals surface area (Å²) in [6.45, 7) is 1.67. The zero-order chi connectivity index (χ0) is 18.8. The van der Waals surface area contributed by atoms with Crippen LogP contribution in [-0.4, -0.2) is 29.7 Å². The smallest absolute Gasteiger partial charge is 0.250 e. The van der Waals surface area contributed by atoms with Crippen molar-refractivity contribution < 1.29 is 4.79 Å². The van der Waals surface area contributed by atoms with Crippen molar-refractivity contribution in [1.29, 1.82) is 5.41 Å². The van der Waals surface area contributed by atoms with Crippen molar-refractivity contribution in [3.8, 4) is 0 Å². The first-order valence-corrected chi connectivity index (χ1v) is 9.61. The van der Waals surface area contributed by atoms with E-state index >= 15 is 0 Å². The molecule has 3 N–H and O–H groups in total. The molecule has 0 atom stereocenters. The number of nitrogens with zero attached hydrogens (tertiary/aromatic N) is 1. The van der Waals surface area contributed by atoms with Crippen LogP contribution in [0.3, 0.4) is 0 Å². The molecule has 4 nitrogen and oxygen atoms in total. The zero-order valence-corrected chi connectivity index (χ0v) is 15.4. The van der Waals surface area contributed by atoms with Gasteiger partial charge in [0.2, 0.25) is 5.91 Å². The molecule has 0 radical (unpaired) electrons. The first kappa shape index (κ1) is 17.5. The number of rotatable bonds is 4. The van der Waals surface area contributed by atoms with Gasteiger partial charge in [0.15, 0.2) is 0 Å². The Balaban J connectivity index is 1.37. The highest BCUT2D eigenvalue weighted by Gasteiger charge is 2.27. The lowest BCUT2D eigenvalue weighted by atomic mass is 9.90. The molecule has 2 aromatic carbocycles. The van der Waals surface area contributed by atoms with E-state index in [1.807, 2.05) is 29.2 Å². The van der Waals surface area contributed by atoms with Crippen LogP contribution in [0, 0.1) is 11.3 Å². The van der Waals surface area contributed by atoms with Gasteiger partial charge in [-0.1, -0.05) is 42.5 Å². The van der Waals surface area contributed by atoms with Crippen LogP contribution in [0.4, 0.5) is 0 Å². The average Bonchev–Trinajstić information content (AvgIpc) is 3.12. The summed E-state index contributed by atoms with van der Waals surface area (Å²) < 4.78 is 0. The second-order valence-corrected chi connectivity index (χ2v) is 7.60. The second-order valence-electron chi connectivity index (χ2n) is 7.60. The van der Waals surface area contributed by atoms with E-state index in [-0.39, 0.29) is 11.7 Å². The Hall–Kier alpha value is -2.88. The monoisotopic (exact) mass is 359 g/mol. The van der Waals surface area contributed by atoms with Gasteiger partial charge in [-0.3, -0.25) is 10.2 Å². The fraction of sp³-hybridized carbons (Fsp3) is 0.304. The highest BCUT2D eigenvalue weighted by atomic mass is 16.2. The quantitative estimate of drug-likeness (QED) is 0.649. The number of hydrogen-bond acceptors (Lipinski definition) is 2. The molecule has 1 fully saturated rings. The van der Waals surface area contributed by atoms with Crippen LogP contribution in [0.1, 0.15) is 35.1 Å². The molecule has 0 spiro atoms. The fourth-order valence-electron chi connectivity index (χ4n) is 4.13. The van der Waals surface area contributed by atoms with Crippen molar-refractivity contribution in [3.63, 3.8) is 0 Å². The van der Waals surface area contributed by atoms with Gasteiger partial charge in [0.05, 0.1) is 0 Å². The topological polar surface area (TPSA) is 70.2 Å². The number of piperidine rings is 1. The number of likely N-dealkylation sites (tertiary alicyclic amines) is 1. The minimum absolute atomic E-state index is 0.0615. The van der Waals surface area contributed by atoms with Crippen LogP contribution in [0.25, 0.3) is 6.08 Å². The number of amidine groups is 1. The van der Waals surface area contributed by atoms with Crippen molar-refractivity contribution in [2.75, 3.05) is 13.1 Å². The number of nitrogens with two attached hydrogens (primary N) is 1. The Morgan fingerprint density at radius 3 is 2.56 bits per heavy atom. The minimum Gasteiger partial charge on any atom is -0.384 e. The highest BCUT2D eigenvalue weighted by molar-refractivity contribution is 6.01. The number of fused-ring (bicyclic) bond motifs is 1. The molecule has 4 heteroatoms. The maximum absolute atomic E-state index is 12.9. The summed E-state index contributed by atoms with van der Waals surface area (Å²) in [6, 6.07) is 16.4. The van der Waals surface area contributed by atoms with Gasteiger partial charge in [-0.15, -0.1) is 0 Å². The van der Waals surface area contributed by atoms with Crippen molar-refractivity contribution >= 4 is 17.8 Å². The molecule has 1 heterocycles. The van der Waals surface area contributed by atoms with E-state index in [9.17, 15) is 4.79 Å². The van der Waals surface area contributed by atoms with E-state index in [2.05, 4.69) is 30.3 Å². The van der Waals surface area contributed by atoms with Crippen LogP contribution in [-0.2, 0) is 17.6 Å². The molecule has 1 saturated heterocycles. The number of nitrogen functional groups attached to an aromatic ring is 1. The Morgan fingerprint density at radius 1 is 1.11 bits per heavy atom. The van der Waals surface area contributed by atoms with Gasteiger partial charge in [-0.2, -0.15) is 0 Å². The summed E-state index contributed by atoms with van der Waals surface area (Å²) in [4.78, 5) is 14.9. The summed E-state index contributed by atoms with van der Waals surface area (Å²) in [7, 11) is 0. The number of carbonyl (C=O) groups excluding carboxylic acids is 1. The third-order valence-corrected chi connectivity index (χ3v) is 5.71. The maximum Gasteiger partial charge on any atom is 0.250 e. The molecule has 2 aliphatic rings. The van der Waals surface area contributed by atoms with Crippen LogP contribution in [0.2, 0.25) is 0 Å². The van der Waals surface area contributed by atoms with Gasteiger partial charge >= 0.3 is 0 Å². The molecular weight excluding hydrogens is 334 g/mol. The highest BCUT2D eigenvalue weighted by Crippen LogP contribution is 2.29. The Morgan fingerprint density at radius 2 is 1.85 bits per heavy atom. The summed E-state index contributed by atoms with van der Waals surface area (Å²) in [5, 5.41) is 7.57. The number of amides is 1.